The average Bonchev–Trinajstić information content (AvgIpc) is 3.05. The molecule has 3 unspecified atom stereocenters. The van der Waals surface area contributed by atoms with Crippen LogP contribution < -0.4 is 10.6 Å². The van der Waals surface area contributed by atoms with E-state index in [1.807, 2.05) is 0 Å². The van der Waals surface area contributed by atoms with Crippen molar-refractivity contribution in [3.05, 3.63) is 29.3 Å². The van der Waals surface area contributed by atoms with Crippen molar-refractivity contribution in [3.8, 4) is 0 Å². The van der Waals surface area contributed by atoms with Crippen LogP contribution in [0.2, 0.25) is 0 Å². The number of nitrogens with one attached hydrogen (secondary N) is 2. The molecule has 2 aliphatic rings. The minimum absolute atomic E-state index is 0. The molecule has 0 bridgehead atoms. The molecule has 1 aromatic carbocycles. The number of nitrogens with zero attached hydrogens (tertiary/aromatic N) is 1. The Balaban J connectivity index is 0.00000243. The summed E-state index contributed by atoms with van der Waals surface area (Å²) >= 11 is 1.79. The number of rotatable bonds is 5. The van der Waals surface area contributed by atoms with Crippen LogP contribution in [-0.2, 0) is 11.3 Å². The molecule has 6 heteroatoms. The highest BCUT2D eigenvalue weighted by Crippen LogP contribution is 2.52. The van der Waals surface area contributed by atoms with E-state index in [9.17, 15) is 0 Å². The van der Waals surface area contributed by atoms with Crippen molar-refractivity contribution >= 4 is 41.7 Å². The first kappa shape index (κ1) is 21.8. The second-order valence-corrected chi connectivity index (χ2v) is 8.55. The molecule has 0 amide bonds. The van der Waals surface area contributed by atoms with Gasteiger partial charge >= 0.3 is 0 Å². The number of hydrogen-bond donors (Lipinski definition) is 2. The zero-order valence-electron chi connectivity index (χ0n) is 16.5. The van der Waals surface area contributed by atoms with Gasteiger partial charge in [0.25, 0.3) is 0 Å². The van der Waals surface area contributed by atoms with Crippen molar-refractivity contribution in [2.45, 2.75) is 57.7 Å². The van der Waals surface area contributed by atoms with Crippen molar-refractivity contribution < 1.29 is 4.74 Å². The fourth-order valence-corrected chi connectivity index (χ4v) is 4.93. The molecule has 1 aromatic rings. The van der Waals surface area contributed by atoms with Crippen LogP contribution in [0.25, 0.3) is 0 Å². The predicted octanol–water partition coefficient (Wildman–Crippen LogP) is 4.20. The number of ether oxygens (including phenoxy) is 1. The van der Waals surface area contributed by atoms with Crippen LogP contribution in [0.1, 0.15) is 38.3 Å². The van der Waals surface area contributed by atoms with E-state index in [1.54, 1.807) is 11.8 Å². The highest BCUT2D eigenvalue weighted by molar-refractivity contribution is 14.0. The van der Waals surface area contributed by atoms with Gasteiger partial charge in [0.05, 0.1) is 12.6 Å². The molecule has 3 rings (SSSR count). The van der Waals surface area contributed by atoms with Crippen molar-refractivity contribution in [2.75, 3.05) is 19.4 Å². The van der Waals surface area contributed by atoms with E-state index in [1.165, 1.54) is 16.0 Å². The average molecular weight is 489 g/mol. The van der Waals surface area contributed by atoms with Gasteiger partial charge in [0.15, 0.2) is 5.96 Å². The summed E-state index contributed by atoms with van der Waals surface area (Å²) in [6, 6.07) is 7.03. The molecule has 1 saturated heterocycles. The van der Waals surface area contributed by atoms with Gasteiger partial charge in [0, 0.05) is 35.4 Å². The van der Waals surface area contributed by atoms with E-state index in [0.717, 1.165) is 25.5 Å². The molecule has 0 aromatic heterocycles. The molecule has 3 atom stereocenters. The van der Waals surface area contributed by atoms with Crippen LogP contribution >= 0.6 is 35.7 Å². The largest absolute Gasteiger partial charge is 0.377 e. The second-order valence-electron chi connectivity index (χ2n) is 7.70. The molecule has 0 spiro atoms. The normalized spacial score (nSPS) is 26.5. The van der Waals surface area contributed by atoms with Gasteiger partial charge in [-0.05, 0) is 43.7 Å². The van der Waals surface area contributed by atoms with Crippen molar-refractivity contribution in [1.29, 1.82) is 0 Å². The molecule has 26 heavy (non-hydrogen) atoms. The van der Waals surface area contributed by atoms with Gasteiger partial charge in [-0.25, -0.2) is 4.99 Å². The number of halogens is 1. The highest BCUT2D eigenvalue weighted by atomic mass is 127. The lowest BCUT2D eigenvalue weighted by Crippen LogP contribution is -2.67. The molecular weight excluding hydrogens is 457 g/mol. The second kappa shape index (κ2) is 9.15. The summed E-state index contributed by atoms with van der Waals surface area (Å²) in [5.74, 6) is 1.53. The van der Waals surface area contributed by atoms with Gasteiger partial charge in [0.2, 0.25) is 0 Å². The smallest absolute Gasteiger partial charge is 0.191 e. The fraction of sp³-hybridized carbons (Fsp3) is 0.650. The van der Waals surface area contributed by atoms with Gasteiger partial charge in [-0.3, -0.25) is 0 Å². The van der Waals surface area contributed by atoms with Crippen molar-refractivity contribution in [3.63, 3.8) is 0 Å². The maximum absolute atomic E-state index is 5.91. The zero-order valence-corrected chi connectivity index (χ0v) is 19.6. The lowest BCUT2D eigenvalue weighted by atomic mass is 9.57. The fourth-order valence-electron chi connectivity index (χ4n) is 4.23. The highest BCUT2D eigenvalue weighted by Gasteiger charge is 2.59. The number of thioether (sulfide) groups is 1. The molecule has 1 aliphatic carbocycles. The Hall–Kier alpha value is -0.470. The summed E-state index contributed by atoms with van der Waals surface area (Å²) in [6.45, 7) is 11.3. The first-order valence-corrected chi connectivity index (χ1v) is 10.5. The van der Waals surface area contributed by atoms with E-state index >= 15 is 0 Å². The molecule has 0 radical (unpaired) electrons. The van der Waals surface area contributed by atoms with Gasteiger partial charge in [0.1, 0.15) is 0 Å². The third-order valence-corrected chi connectivity index (χ3v) is 6.41. The Labute approximate surface area is 179 Å². The van der Waals surface area contributed by atoms with E-state index in [0.29, 0.717) is 24.6 Å². The summed E-state index contributed by atoms with van der Waals surface area (Å²) in [4.78, 5) is 6.18. The molecule has 1 aliphatic heterocycles. The predicted molar refractivity (Wildman–Crippen MR) is 122 cm³/mol. The van der Waals surface area contributed by atoms with Crippen LogP contribution in [0.15, 0.2) is 28.1 Å². The number of aliphatic imine (C=N–C) groups is 1. The number of hydrogen-bond acceptors (Lipinski definition) is 3. The number of benzene rings is 1. The zero-order chi connectivity index (χ0) is 18.0. The Morgan fingerprint density at radius 3 is 2.85 bits per heavy atom. The molecular formula is C20H32IN3OS. The first-order valence-electron chi connectivity index (χ1n) is 9.27. The summed E-state index contributed by atoms with van der Waals surface area (Å²) in [7, 11) is 0. The van der Waals surface area contributed by atoms with E-state index in [-0.39, 0.29) is 29.4 Å². The van der Waals surface area contributed by atoms with E-state index in [4.69, 9.17) is 9.73 Å². The summed E-state index contributed by atoms with van der Waals surface area (Å²) in [6.07, 6.45) is 3.68. The topological polar surface area (TPSA) is 45.7 Å². The molecule has 1 heterocycles. The van der Waals surface area contributed by atoms with Crippen LogP contribution in [-0.4, -0.2) is 37.5 Å². The Morgan fingerprint density at radius 1 is 1.38 bits per heavy atom. The maximum Gasteiger partial charge on any atom is 0.191 e. The SMILES string of the molecule is CCNC(=NCc1ccc(C)cc1SC)NC1C2CCOC2C1(C)C.I. The maximum atomic E-state index is 5.91. The van der Waals surface area contributed by atoms with Crippen LogP contribution in [0.3, 0.4) is 0 Å². The third-order valence-electron chi connectivity index (χ3n) is 5.59. The summed E-state index contributed by atoms with van der Waals surface area (Å²) < 4.78 is 5.91. The number of guanidine groups is 1. The summed E-state index contributed by atoms with van der Waals surface area (Å²) in [5, 5.41) is 7.10. The molecule has 1 saturated carbocycles. The molecule has 146 valence electrons. The van der Waals surface area contributed by atoms with E-state index in [2.05, 4.69) is 62.8 Å². The van der Waals surface area contributed by atoms with E-state index < -0.39 is 0 Å². The van der Waals surface area contributed by atoms with Crippen molar-refractivity contribution in [2.24, 2.45) is 16.3 Å². The lowest BCUT2D eigenvalue weighted by molar-refractivity contribution is -0.106. The number of fused-ring (bicyclic) bond motifs is 1. The van der Waals surface area contributed by atoms with Gasteiger partial charge in [-0.15, -0.1) is 35.7 Å². The Bertz CT molecular complexity index is 650. The quantitative estimate of drug-likeness (QED) is 0.282. The monoisotopic (exact) mass is 489 g/mol. The number of aryl methyl sites for hydroxylation is 1. The lowest BCUT2D eigenvalue weighted by Gasteiger charge is -2.54. The molecule has 2 fully saturated rings. The minimum atomic E-state index is 0. The Morgan fingerprint density at radius 2 is 2.15 bits per heavy atom. The molecule has 2 N–H and O–H groups in total. The minimum Gasteiger partial charge on any atom is -0.377 e. The van der Waals surface area contributed by atoms with Crippen LogP contribution in [0.5, 0.6) is 0 Å². The summed E-state index contributed by atoms with van der Waals surface area (Å²) in [5.41, 5.74) is 2.74. The molecule has 4 nitrogen and oxygen atoms in total. The van der Waals surface area contributed by atoms with Crippen LogP contribution in [0.4, 0.5) is 0 Å². The van der Waals surface area contributed by atoms with Gasteiger partial charge < -0.3 is 15.4 Å². The van der Waals surface area contributed by atoms with Crippen molar-refractivity contribution in [1.82, 2.24) is 10.6 Å². The standard InChI is InChI=1S/C20H31N3OS.HI/c1-6-21-19(22-12-14-8-7-13(2)11-16(14)25-5)23-17-15-9-10-24-18(15)20(17,3)4;/h7-8,11,15,17-18H,6,9-10,12H2,1-5H3,(H2,21,22,23);1H. The third kappa shape index (κ3) is 4.33. The first-order chi connectivity index (χ1) is 12.0. The Kier molecular flexibility index (Phi) is 7.68. The van der Waals surface area contributed by atoms with Crippen LogP contribution in [0, 0.1) is 18.3 Å². The van der Waals surface area contributed by atoms with Gasteiger partial charge in [-0.2, -0.15) is 0 Å². The van der Waals surface area contributed by atoms with Gasteiger partial charge in [-0.1, -0.05) is 26.0 Å².